The maximum absolute atomic E-state index is 13.3. The molecule has 2 saturated heterocycles. The maximum atomic E-state index is 13.3. The summed E-state index contributed by atoms with van der Waals surface area (Å²) in [6.45, 7) is 2.33. The first kappa shape index (κ1) is 21.4. The van der Waals surface area contributed by atoms with E-state index in [1.54, 1.807) is 28.0 Å². The van der Waals surface area contributed by atoms with Crippen molar-refractivity contribution < 1.29 is 27.5 Å². The van der Waals surface area contributed by atoms with Gasteiger partial charge in [0.25, 0.3) is 11.8 Å². The van der Waals surface area contributed by atoms with E-state index in [4.69, 9.17) is 4.74 Å². The molecule has 2 amide bonds. The van der Waals surface area contributed by atoms with Crippen LogP contribution in [-0.4, -0.2) is 60.5 Å². The second-order valence-electron chi connectivity index (χ2n) is 7.74. The Morgan fingerprint density at radius 2 is 1.55 bits per heavy atom. The van der Waals surface area contributed by atoms with Crippen LogP contribution in [0.15, 0.2) is 48.5 Å². The number of benzene rings is 2. The standard InChI is InChI=1S/C23H23F3N2O3/c24-23(25,26)19-5-2-1-4-18(19)16-7-9-17(10-8-16)21(29)27-11-13-28(14-12-27)22(30)20-6-3-15-31-20/h1-2,4-5,7-10,20H,3,6,11-15H2/t20-/m0/s1. The summed E-state index contributed by atoms with van der Waals surface area (Å²) in [5.41, 5.74) is 0.181. The molecule has 0 unspecified atom stereocenters. The summed E-state index contributed by atoms with van der Waals surface area (Å²) in [5.74, 6) is -0.211. The van der Waals surface area contributed by atoms with Crippen LogP contribution in [0.5, 0.6) is 0 Å². The van der Waals surface area contributed by atoms with E-state index in [0.717, 1.165) is 18.9 Å². The van der Waals surface area contributed by atoms with Crippen molar-refractivity contribution in [1.29, 1.82) is 0 Å². The highest BCUT2D eigenvalue weighted by atomic mass is 19.4. The number of hydrogen-bond donors (Lipinski definition) is 0. The Morgan fingerprint density at radius 3 is 2.16 bits per heavy atom. The van der Waals surface area contributed by atoms with E-state index in [9.17, 15) is 22.8 Å². The molecule has 5 nitrogen and oxygen atoms in total. The van der Waals surface area contributed by atoms with Crippen molar-refractivity contribution in [1.82, 2.24) is 9.80 Å². The van der Waals surface area contributed by atoms with Crippen LogP contribution >= 0.6 is 0 Å². The Labute approximate surface area is 178 Å². The van der Waals surface area contributed by atoms with E-state index in [2.05, 4.69) is 0 Å². The third-order valence-electron chi connectivity index (χ3n) is 5.76. The number of alkyl halides is 3. The molecule has 0 radical (unpaired) electrons. The zero-order chi connectivity index (χ0) is 22.0. The Morgan fingerprint density at radius 1 is 0.903 bits per heavy atom. The molecule has 0 saturated carbocycles. The van der Waals surface area contributed by atoms with Gasteiger partial charge in [0.05, 0.1) is 5.56 Å². The monoisotopic (exact) mass is 432 g/mol. The lowest BCUT2D eigenvalue weighted by atomic mass is 9.98. The van der Waals surface area contributed by atoms with E-state index >= 15 is 0 Å². The topological polar surface area (TPSA) is 49.9 Å². The highest BCUT2D eigenvalue weighted by Crippen LogP contribution is 2.37. The first-order chi connectivity index (χ1) is 14.8. The number of nitrogens with zero attached hydrogens (tertiary/aromatic N) is 2. The number of carbonyl (C=O) groups excluding carboxylic acids is 2. The lowest BCUT2D eigenvalue weighted by Gasteiger charge is -2.35. The summed E-state index contributed by atoms with van der Waals surface area (Å²) in [5, 5.41) is 0. The number of piperazine rings is 1. The molecule has 0 spiro atoms. The predicted molar refractivity (Wildman–Crippen MR) is 108 cm³/mol. The van der Waals surface area contributed by atoms with E-state index in [1.165, 1.54) is 24.3 Å². The van der Waals surface area contributed by atoms with Gasteiger partial charge in [0.2, 0.25) is 0 Å². The molecular formula is C23H23F3N2O3. The first-order valence-electron chi connectivity index (χ1n) is 10.3. The van der Waals surface area contributed by atoms with Gasteiger partial charge in [-0.25, -0.2) is 0 Å². The second-order valence-corrected chi connectivity index (χ2v) is 7.74. The number of amides is 2. The molecule has 2 aliphatic heterocycles. The van der Waals surface area contributed by atoms with Crippen LogP contribution in [0.2, 0.25) is 0 Å². The molecule has 1 atom stereocenters. The summed E-state index contributed by atoms with van der Waals surface area (Å²) in [4.78, 5) is 28.7. The minimum absolute atomic E-state index is 0.0164. The van der Waals surface area contributed by atoms with Gasteiger partial charge in [0, 0.05) is 38.3 Å². The molecule has 2 aromatic rings. The van der Waals surface area contributed by atoms with Gasteiger partial charge in [0.15, 0.2) is 0 Å². The summed E-state index contributed by atoms with van der Waals surface area (Å²) >= 11 is 0. The summed E-state index contributed by atoms with van der Waals surface area (Å²) in [6.07, 6.45) is -3.19. The van der Waals surface area contributed by atoms with Gasteiger partial charge >= 0.3 is 6.18 Å². The van der Waals surface area contributed by atoms with Crippen LogP contribution in [0.4, 0.5) is 13.2 Å². The fraction of sp³-hybridized carbons (Fsp3) is 0.391. The van der Waals surface area contributed by atoms with Crippen LogP contribution in [-0.2, 0) is 15.7 Å². The Balaban J connectivity index is 1.41. The van der Waals surface area contributed by atoms with Crippen molar-refractivity contribution in [3.8, 4) is 11.1 Å². The Kier molecular flexibility index (Phi) is 6.00. The molecule has 2 aromatic carbocycles. The smallest absolute Gasteiger partial charge is 0.368 e. The van der Waals surface area contributed by atoms with E-state index < -0.39 is 11.7 Å². The average molecular weight is 432 g/mol. The Bertz CT molecular complexity index is 945. The van der Waals surface area contributed by atoms with Gasteiger partial charge in [-0.15, -0.1) is 0 Å². The molecule has 2 heterocycles. The highest BCUT2D eigenvalue weighted by molar-refractivity contribution is 5.95. The minimum atomic E-state index is -4.45. The molecule has 164 valence electrons. The first-order valence-corrected chi connectivity index (χ1v) is 10.3. The summed E-state index contributed by atoms with van der Waals surface area (Å²) in [7, 11) is 0. The zero-order valence-electron chi connectivity index (χ0n) is 16.9. The third-order valence-corrected chi connectivity index (χ3v) is 5.76. The highest BCUT2D eigenvalue weighted by Gasteiger charge is 2.34. The molecule has 2 aliphatic rings. The van der Waals surface area contributed by atoms with Crippen LogP contribution < -0.4 is 0 Å². The minimum Gasteiger partial charge on any atom is -0.368 e. The van der Waals surface area contributed by atoms with Crippen LogP contribution in [0.25, 0.3) is 11.1 Å². The summed E-state index contributed by atoms with van der Waals surface area (Å²) < 4.78 is 45.3. The van der Waals surface area contributed by atoms with Gasteiger partial charge in [0.1, 0.15) is 6.10 Å². The van der Waals surface area contributed by atoms with Crippen molar-refractivity contribution in [2.75, 3.05) is 32.8 Å². The quantitative estimate of drug-likeness (QED) is 0.741. The lowest BCUT2D eigenvalue weighted by Crippen LogP contribution is -2.52. The Hall–Kier alpha value is -2.87. The maximum Gasteiger partial charge on any atom is 0.417 e. The molecule has 8 heteroatoms. The van der Waals surface area contributed by atoms with Crippen LogP contribution in [0.3, 0.4) is 0 Å². The average Bonchev–Trinajstić information content (AvgIpc) is 3.33. The van der Waals surface area contributed by atoms with Gasteiger partial charge in [-0.2, -0.15) is 13.2 Å². The number of halogens is 3. The van der Waals surface area contributed by atoms with E-state index in [1.807, 2.05) is 0 Å². The molecule has 0 N–H and O–H groups in total. The largest absolute Gasteiger partial charge is 0.417 e. The number of carbonyl (C=O) groups is 2. The van der Waals surface area contributed by atoms with Crippen LogP contribution in [0, 0.1) is 0 Å². The molecular weight excluding hydrogens is 409 g/mol. The molecule has 0 aromatic heterocycles. The van der Waals surface area contributed by atoms with Crippen molar-refractivity contribution >= 4 is 11.8 Å². The molecule has 31 heavy (non-hydrogen) atoms. The number of rotatable bonds is 3. The molecule has 2 fully saturated rings. The number of ether oxygens (including phenoxy) is 1. The van der Waals surface area contributed by atoms with Crippen molar-refractivity contribution in [3.05, 3.63) is 59.7 Å². The normalized spacial score (nSPS) is 19.5. The van der Waals surface area contributed by atoms with Gasteiger partial charge in [-0.3, -0.25) is 9.59 Å². The SMILES string of the molecule is O=C(c1ccc(-c2ccccc2C(F)(F)F)cc1)N1CCN(C(=O)[C@@H]2CCCO2)CC1. The van der Waals surface area contributed by atoms with Gasteiger partial charge in [-0.05, 0) is 42.2 Å². The predicted octanol–water partition coefficient (Wildman–Crippen LogP) is 3.84. The fourth-order valence-corrected chi connectivity index (χ4v) is 4.06. The lowest BCUT2D eigenvalue weighted by molar-refractivity contribution is -0.142. The van der Waals surface area contributed by atoms with E-state index in [0.29, 0.717) is 43.9 Å². The van der Waals surface area contributed by atoms with Crippen molar-refractivity contribution in [2.24, 2.45) is 0 Å². The fourth-order valence-electron chi connectivity index (χ4n) is 4.06. The van der Waals surface area contributed by atoms with E-state index in [-0.39, 0.29) is 23.5 Å². The summed E-state index contributed by atoms with van der Waals surface area (Å²) in [6, 6.07) is 11.6. The molecule has 4 rings (SSSR count). The second kappa shape index (κ2) is 8.70. The number of hydrogen-bond acceptors (Lipinski definition) is 3. The zero-order valence-corrected chi connectivity index (χ0v) is 16.9. The van der Waals surface area contributed by atoms with Crippen molar-refractivity contribution in [3.63, 3.8) is 0 Å². The molecule has 0 aliphatic carbocycles. The van der Waals surface area contributed by atoms with Gasteiger partial charge in [-0.1, -0.05) is 30.3 Å². The van der Waals surface area contributed by atoms with Gasteiger partial charge < -0.3 is 14.5 Å². The van der Waals surface area contributed by atoms with Crippen LogP contribution in [0.1, 0.15) is 28.8 Å². The third kappa shape index (κ3) is 4.58. The molecule has 0 bridgehead atoms. The van der Waals surface area contributed by atoms with Crippen molar-refractivity contribution in [2.45, 2.75) is 25.1 Å².